The van der Waals surface area contributed by atoms with Crippen molar-refractivity contribution in [2.45, 2.75) is 52.0 Å². The third kappa shape index (κ3) is 4.98. The van der Waals surface area contributed by atoms with Gasteiger partial charge in [0.1, 0.15) is 0 Å². The lowest BCUT2D eigenvalue weighted by Gasteiger charge is -2.29. The second-order valence-electron chi connectivity index (χ2n) is 5.07. The van der Waals surface area contributed by atoms with Gasteiger partial charge < -0.3 is 10.1 Å². The van der Waals surface area contributed by atoms with Gasteiger partial charge in [-0.15, -0.1) is 0 Å². The maximum Gasteiger partial charge on any atom is 0.0613 e. The average Bonchev–Trinajstić information content (AvgIpc) is 2.27. The van der Waals surface area contributed by atoms with E-state index in [1.165, 1.54) is 38.6 Å². The molecule has 0 saturated heterocycles. The van der Waals surface area contributed by atoms with E-state index < -0.39 is 0 Å². The van der Waals surface area contributed by atoms with Crippen molar-refractivity contribution in [3.8, 4) is 0 Å². The third-order valence-corrected chi connectivity index (χ3v) is 3.64. The van der Waals surface area contributed by atoms with E-state index in [-0.39, 0.29) is 0 Å². The molecule has 0 aromatic rings. The van der Waals surface area contributed by atoms with Crippen LogP contribution in [0.3, 0.4) is 0 Å². The topological polar surface area (TPSA) is 21.3 Å². The summed E-state index contributed by atoms with van der Waals surface area (Å²) in [6.07, 6.45) is 7.11. The Morgan fingerprint density at radius 2 is 2.07 bits per heavy atom. The largest absolute Gasteiger partial charge is 0.383 e. The van der Waals surface area contributed by atoms with Crippen LogP contribution in [0, 0.1) is 11.8 Å². The first-order chi connectivity index (χ1) is 7.26. The molecule has 2 heteroatoms. The zero-order valence-electron chi connectivity index (χ0n) is 10.6. The summed E-state index contributed by atoms with van der Waals surface area (Å²) in [7, 11) is 1.77. The summed E-state index contributed by atoms with van der Waals surface area (Å²) in [5.74, 6) is 1.89. The molecule has 0 bridgehead atoms. The Kier molecular flexibility index (Phi) is 6.26. The second kappa shape index (κ2) is 7.24. The molecule has 0 aliphatic heterocycles. The molecule has 3 unspecified atom stereocenters. The fraction of sp³-hybridized carbons (Fsp3) is 1.00. The molecule has 0 radical (unpaired) electrons. The van der Waals surface area contributed by atoms with Gasteiger partial charge in [-0.05, 0) is 38.1 Å². The van der Waals surface area contributed by atoms with Crippen LogP contribution >= 0.6 is 0 Å². The van der Waals surface area contributed by atoms with E-state index in [4.69, 9.17) is 4.74 Å². The highest BCUT2D eigenvalue weighted by molar-refractivity contribution is 4.75. The Morgan fingerprint density at radius 1 is 1.33 bits per heavy atom. The maximum atomic E-state index is 5.12. The smallest absolute Gasteiger partial charge is 0.0613 e. The number of hydrogen-bond acceptors (Lipinski definition) is 2. The number of ether oxygens (including phenoxy) is 1. The van der Waals surface area contributed by atoms with Crippen LogP contribution in [0.4, 0.5) is 0 Å². The van der Waals surface area contributed by atoms with Crippen molar-refractivity contribution in [1.82, 2.24) is 5.32 Å². The van der Waals surface area contributed by atoms with Crippen molar-refractivity contribution in [2.24, 2.45) is 11.8 Å². The summed E-state index contributed by atoms with van der Waals surface area (Å²) in [6.45, 7) is 6.53. The molecule has 1 fully saturated rings. The normalized spacial score (nSPS) is 29.0. The monoisotopic (exact) mass is 213 g/mol. The van der Waals surface area contributed by atoms with Crippen LogP contribution in [0.25, 0.3) is 0 Å². The molecule has 0 amide bonds. The van der Waals surface area contributed by atoms with Crippen molar-refractivity contribution in [3.63, 3.8) is 0 Å². The van der Waals surface area contributed by atoms with Crippen LogP contribution in [0.2, 0.25) is 0 Å². The lowest BCUT2D eigenvalue weighted by Crippen LogP contribution is -2.35. The van der Waals surface area contributed by atoms with Crippen molar-refractivity contribution >= 4 is 0 Å². The van der Waals surface area contributed by atoms with Gasteiger partial charge in [-0.2, -0.15) is 0 Å². The summed E-state index contributed by atoms with van der Waals surface area (Å²) in [6, 6.07) is 0.497. The minimum absolute atomic E-state index is 0.497. The van der Waals surface area contributed by atoms with Crippen LogP contribution in [-0.2, 0) is 4.74 Å². The molecule has 3 atom stereocenters. The maximum absolute atomic E-state index is 5.12. The molecule has 1 aliphatic carbocycles. The minimum atomic E-state index is 0.497. The van der Waals surface area contributed by atoms with E-state index in [1.54, 1.807) is 7.11 Å². The SMILES string of the molecule is CCC1CCCC(CNC(C)COC)C1. The molecular weight excluding hydrogens is 186 g/mol. The zero-order valence-corrected chi connectivity index (χ0v) is 10.6. The molecule has 0 aromatic heterocycles. The summed E-state index contributed by atoms with van der Waals surface area (Å²) in [5.41, 5.74) is 0. The van der Waals surface area contributed by atoms with Crippen LogP contribution in [0.5, 0.6) is 0 Å². The molecule has 0 aromatic carbocycles. The van der Waals surface area contributed by atoms with Gasteiger partial charge in [-0.3, -0.25) is 0 Å². The molecule has 0 heterocycles. The van der Waals surface area contributed by atoms with Gasteiger partial charge in [0.2, 0.25) is 0 Å². The number of hydrogen-bond donors (Lipinski definition) is 1. The summed E-state index contributed by atoms with van der Waals surface area (Å²) < 4.78 is 5.12. The van der Waals surface area contributed by atoms with Crippen molar-refractivity contribution in [1.29, 1.82) is 0 Å². The van der Waals surface area contributed by atoms with Gasteiger partial charge in [-0.1, -0.05) is 26.2 Å². The highest BCUT2D eigenvalue weighted by atomic mass is 16.5. The average molecular weight is 213 g/mol. The Hall–Kier alpha value is -0.0800. The predicted octanol–water partition coefficient (Wildman–Crippen LogP) is 2.83. The van der Waals surface area contributed by atoms with Crippen LogP contribution in [-0.4, -0.2) is 26.3 Å². The first-order valence-corrected chi connectivity index (χ1v) is 6.48. The molecule has 15 heavy (non-hydrogen) atoms. The van der Waals surface area contributed by atoms with E-state index in [2.05, 4.69) is 19.2 Å². The molecule has 1 aliphatic rings. The molecule has 90 valence electrons. The molecule has 2 nitrogen and oxygen atoms in total. The van der Waals surface area contributed by atoms with E-state index in [9.17, 15) is 0 Å². The summed E-state index contributed by atoms with van der Waals surface area (Å²) in [5, 5.41) is 3.57. The van der Waals surface area contributed by atoms with Gasteiger partial charge in [0, 0.05) is 13.2 Å². The first-order valence-electron chi connectivity index (χ1n) is 6.48. The molecule has 1 saturated carbocycles. The fourth-order valence-electron chi connectivity index (χ4n) is 2.64. The van der Waals surface area contributed by atoms with Crippen molar-refractivity contribution in [3.05, 3.63) is 0 Å². The number of nitrogens with one attached hydrogen (secondary N) is 1. The summed E-state index contributed by atoms with van der Waals surface area (Å²) in [4.78, 5) is 0. The third-order valence-electron chi connectivity index (χ3n) is 3.64. The highest BCUT2D eigenvalue weighted by Gasteiger charge is 2.20. The van der Waals surface area contributed by atoms with E-state index in [0.717, 1.165) is 18.4 Å². The van der Waals surface area contributed by atoms with Gasteiger partial charge in [0.05, 0.1) is 6.61 Å². The van der Waals surface area contributed by atoms with Gasteiger partial charge >= 0.3 is 0 Å². The highest BCUT2D eigenvalue weighted by Crippen LogP contribution is 2.30. The Balaban J connectivity index is 2.14. The summed E-state index contributed by atoms with van der Waals surface area (Å²) >= 11 is 0. The number of rotatable bonds is 6. The molecule has 1 rings (SSSR count). The Morgan fingerprint density at radius 3 is 2.73 bits per heavy atom. The molecule has 0 spiro atoms. The van der Waals surface area contributed by atoms with E-state index in [1.807, 2.05) is 0 Å². The second-order valence-corrected chi connectivity index (χ2v) is 5.07. The Bertz CT molecular complexity index is 161. The van der Waals surface area contributed by atoms with Gasteiger partial charge in [0.25, 0.3) is 0 Å². The van der Waals surface area contributed by atoms with Gasteiger partial charge in [-0.25, -0.2) is 0 Å². The van der Waals surface area contributed by atoms with Crippen molar-refractivity contribution in [2.75, 3.05) is 20.3 Å². The predicted molar refractivity (Wildman–Crippen MR) is 65.1 cm³/mol. The fourth-order valence-corrected chi connectivity index (χ4v) is 2.64. The van der Waals surface area contributed by atoms with E-state index in [0.29, 0.717) is 6.04 Å². The lowest BCUT2D eigenvalue weighted by atomic mass is 9.80. The van der Waals surface area contributed by atoms with E-state index >= 15 is 0 Å². The molecular formula is C13H27NO. The van der Waals surface area contributed by atoms with Crippen molar-refractivity contribution < 1.29 is 4.74 Å². The van der Waals surface area contributed by atoms with Crippen LogP contribution in [0.1, 0.15) is 46.0 Å². The lowest BCUT2D eigenvalue weighted by molar-refractivity contribution is 0.164. The zero-order chi connectivity index (χ0) is 11.1. The quantitative estimate of drug-likeness (QED) is 0.732. The first kappa shape index (κ1) is 13.0. The molecule has 1 N–H and O–H groups in total. The van der Waals surface area contributed by atoms with Gasteiger partial charge in [0.15, 0.2) is 0 Å². The standard InChI is InChI=1S/C13H27NO/c1-4-12-6-5-7-13(8-12)9-14-11(2)10-15-3/h11-14H,4-10H2,1-3H3. The van der Waals surface area contributed by atoms with Crippen LogP contribution in [0.15, 0.2) is 0 Å². The number of methoxy groups -OCH3 is 1. The Labute approximate surface area is 94.8 Å². The minimum Gasteiger partial charge on any atom is -0.383 e. The van der Waals surface area contributed by atoms with Crippen LogP contribution < -0.4 is 5.32 Å².